The molecule has 3 rings (SSSR count). The highest BCUT2D eigenvalue weighted by Crippen LogP contribution is 2.24. The summed E-state index contributed by atoms with van der Waals surface area (Å²) in [6.07, 6.45) is 4.66. The van der Waals surface area contributed by atoms with Crippen LogP contribution in [0.2, 0.25) is 0 Å². The van der Waals surface area contributed by atoms with Crippen molar-refractivity contribution in [2.45, 2.75) is 13.3 Å². The molecule has 0 spiro atoms. The molecule has 2 aromatic rings. The summed E-state index contributed by atoms with van der Waals surface area (Å²) in [4.78, 5) is 25.1. The van der Waals surface area contributed by atoms with Gasteiger partial charge in [0.25, 0.3) is 0 Å². The van der Waals surface area contributed by atoms with Crippen molar-refractivity contribution >= 4 is 22.5 Å². The number of urea groups is 1. The first-order valence-corrected chi connectivity index (χ1v) is 8.78. The summed E-state index contributed by atoms with van der Waals surface area (Å²) in [7, 11) is 0. The molecule has 1 fully saturated rings. The number of thiazole rings is 1. The van der Waals surface area contributed by atoms with Crippen molar-refractivity contribution in [2.24, 2.45) is 0 Å². The first-order chi connectivity index (χ1) is 11.3. The normalized spacial score (nSPS) is 15.6. The van der Waals surface area contributed by atoms with Crippen molar-refractivity contribution in [1.29, 1.82) is 0 Å². The Hall–Kier alpha value is -1.99. The Balaban J connectivity index is 1.56. The third kappa shape index (κ3) is 4.05. The SMILES string of the molecule is CCCN1CCN(C(=O)Nc2nc(-c3cccnc3)cs2)CC1. The Labute approximate surface area is 140 Å². The number of nitrogens with one attached hydrogen (secondary N) is 1. The molecular formula is C16H21N5OS. The van der Waals surface area contributed by atoms with Gasteiger partial charge >= 0.3 is 6.03 Å². The second-order valence-electron chi connectivity index (χ2n) is 5.54. The molecule has 3 heterocycles. The first kappa shape index (κ1) is 15.9. The third-order valence-corrected chi connectivity index (χ3v) is 4.63. The van der Waals surface area contributed by atoms with E-state index < -0.39 is 0 Å². The number of pyridine rings is 1. The summed E-state index contributed by atoms with van der Waals surface area (Å²) < 4.78 is 0. The van der Waals surface area contributed by atoms with Crippen LogP contribution in [0.15, 0.2) is 29.9 Å². The van der Waals surface area contributed by atoms with Gasteiger partial charge in [0.2, 0.25) is 0 Å². The highest BCUT2D eigenvalue weighted by molar-refractivity contribution is 7.14. The third-order valence-electron chi connectivity index (χ3n) is 3.87. The van der Waals surface area contributed by atoms with Gasteiger partial charge in [-0.25, -0.2) is 9.78 Å². The molecule has 0 atom stereocenters. The van der Waals surface area contributed by atoms with E-state index in [2.05, 4.69) is 27.1 Å². The number of anilines is 1. The molecule has 1 aliphatic heterocycles. The maximum Gasteiger partial charge on any atom is 0.323 e. The molecule has 2 aromatic heterocycles. The number of hydrogen-bond donors (Lipinski definition) is 1. The Kier molecular flexibility index (Phi) is 5.19. The standard InChI is InChI=1S/C16H21N5OS/c1-2-6-20-7-9-21(10-8-20)16(22)19-15-18-14(12-23-15)13-4-3-5-17-11-13/h3-5,11-12H,2,6-10H2,1H3,(H,18,19,22). The number of carbonyl (C=O) groups excluding carboxylic acids is 1. The van der Waals surface area contributed by atoms with E-state index in [4.69, 9.17) is 0 Å². The quantitative estimate of drug-likeness (QED) is 0.936. The van der Waals surface area contributed by atoms with E-state index in [1.165, 1.54) is 11.3 Å². The van der Waals surface area contributed by atoms with Crippen LogP contribution >= 0.6 is 11.3 Å². The lowest BCUT2D eigenvalue weighted by atomic mass is 10.2. The summed E-state index contributed by atoms with van der Waals surface area (Å²) in [6.45, 7) is 6.72. The molecule has 0 unspecified atom stereocenters. The van der Waals surface area contributed by atoms with Gasteiger partial charge in [0.15, 0.2) is 5.13 Å². The second kappa shape index (κ2) is 7.52. The minimum absolute atomic E-state index is 0.0618. The van der Waals surface area contributed by atoms with E-state index in [-0.39, 0.29) is 6.03 Å². The molecule has 1 N–H and O–H groups in total. The lowest BCUT2D eigenvalue weighted by Gasteiger charge is -2.34. The van der Waals surface area contributed by atoms with Gasteiger partial charge in [-0.05, 0) is 25.1 Å². The van der Waals surface area contributed by atoms with E-state index in [1.807, 2.05) is 22.4 Å². The lowest BCUT2D eigenvalue weighted by Crippen LogP contribution is -2.50. The number of nitrogens with zero attached hydrogens (tertiary/aromatic N) is 4. The maximum absolute atomic E-state index is 12.3. The van der Waals surface area contributed by atoms with Gasteiger partial charge in [-0.2, -0.15) is 0 Å². The van der Waals surface area contributed by atoms with Gasteiger partial charge in [-0.15, -0.1) is 11.3 Å². The molecule has 0 radical (unpaired) electrons. The van der Waals surface area contributed by atoms with Crippen LogP contribution < -0.4 is 5.32 Å². The minimum Gasteiger partial charge on any atom is -0.322 e. The Morgan fingerprint density at radius 3 is 2.87 bits per heavy atom. The van der Waals surface area contributed by atoms with Gasteiger partial charge < -0.3 is 4.90 Å². The van der Waals surface area contributed by atoms with Crippen molar-refractivity contribution in [2.75, 3.05) is 38.0 Å². The molecule has 7 heteroatoms. The van der Waals surface area contributed by atoms with Crippen molar-refractivity contribution in [3.63, 3.8) is 0 Å². The Morgan fingerprint density at radius 2 is 2.17 bits per heavy atom. The van der Waals surface area contributed by atoms with Crippen molar-refractivity contribution in [3.8, 4) is 11.3 Å². The number of aromatic nitrogens is 2. The topological polar surface area (TPSA) is 61.4 Å². The average molecular weight is 331 g/mol. The fourth-order valence-corrected chi connectivity index (χ4v) is 3.35. The van der Waals surface area contributed by atoms with Crippen molar-refractivity contribution < 1.29 is 4.79 Å². The molecule has 122 valence electrons. The zero-order chi connectivity index (χ0) is 16.1. The number of piperazine rings is 1. The van der Waals surface area contributed by atoms with Crippen LogP contribution in [0, 0.1) is 0 Å². The summed E-state index contributed by atoms with van der Waals surface area (Å²) in [5.41, 5.74) is 1.79. The zero-order valence-electron chi connectivity index (χ0n) is 13.2. The zero-order valence-corrected chi connectivity index (χ0v) is 14.1. The summed E-state index contributed by atoms with van der Waals surface area (Å²) >= 11 is 1.44. The molecule has 23 heavy (non-hydrogen) atoms. The van der Waals surface area contributed by atoms with E-state index in [0.29, 0.717) is 5.13 Å². The summed E-state index contributed by atoms with van der Waals surface area (Å²) in [6, 6.07) is 3.77. The predicted octanol–water partition coefficient (Wildman–Crippen LogP) is 2.76. The average Bonchev–Trinajstić information content (AvgIpc) is 3.05. The molecule has 2 amide bonds. The van der Waals surface area contributed by atoms with E-state index >= 15 is 0 Å². The van der Waals surface area contributed by atoms with Crippen LogP contribution in [0.1, 0.15) is 13.3 Å². The number of amides is 2. The molecule has 0 aliphatic carbocycles. The van der Waals surface area contributed by atoms with Crippen LogP contribution in [0.25, 0.3) is 11.3 Å². The molecule has 6 nitrogen and oxygen atoms in total. The maximum atomic E-state index is 12.3. The Bertz CT molecular complexity index is 637. The van der Waals surface area contributed by atoms with E-state index in [9.17, 15) is 4.79 Å². The van der Waals surface area contributed by atoms with Crippen LogP contribution in [0.5, 0.6) is 0 Å². The van der Waals surface area contributed by atoms with Gasteiger partial charge in [0, 0.05) is 49.5 Å². The van der Waals surface area contributed by atoms with Crippen LogP contribution in [0.3, 0.4) is 0 Å². The molecular weight excluding hydrogens is 310 g/mol. The Morgan fingerprint density at radius 1 is 1.35 bits per heavy atom. The van der Waals surface area contributed by atoms with Crippen LogP contribution in [-0.2, 0) is 0 Å². The fraction of sp³-hybridized carbons (Fsp3) is 0.438. The molecule has 1 aliphatic rings. The van der Waals surface area contributed by atoms with Crippen molar-refractivity contribution in [3.05, 3.63) is 29.9 Å². The molecule has 1 saturated heterocycles. The van der Waals surface area contributed by atoms with Gasteiger partial charge in [-0.3, -0.25) is 15.2 Å². The number of hydrogen-bond acceptors (Lipinski definition) is 5. The summed E-state index contributed by atoms with van der Waals surface area (Å²) in [5.74, 6) is 0. The molecule has 0 saturated carbocycles. The largest absolute Gasteiger partial charge is 0.323 e. The van der Waals surface area contributed by atoms with Gasteiger partial charge in [0.05, 0.1) is 5.69 Å². The monoisotopic (exact) mass is 331 g/mol. The molecule has 0 aromatic carbocycles. The molecule has 0 bridgehead atoms. The number of rotatable bonds is 4. The highest BCUT2D eigenvalue weighted by Gasteiger charge is 2.21. The minimum atomic E-state index is -0.0618. The van der Waals surface area contributed by atoms with Crippen LogP contribution in [0.4, 0.5) is 9.93 Å². The van der Waals surface area contributed by atoms with Gasteiger partial charge in [0.1, 0.15) is 0 Å². The number of carbonyl (C=O) groups is 1. The first-order valence-electron chi connectivity index (χ1n) is 7.90. The van der Waals surface area contributed by atoms with Gasteiger partial charge in [-0.1, -0.05) is 6.92 Å². The smallest absolute Gasteiger partial charge is 0.322 e. The van der Waals surface area contributed by atoms with E-state index in [0.717, 1.165) is 50.4 Å². The summed E-state index contributed by atoms with van der Waals surface area (Å²) in [5, 5.41) is 5.47. The lowest BCUT2D eigenvalue weighted by molar-refractivity contribution is 0.147. The predicted molar refractivity (Wildman–Crippen MR) is 92.7 cm³/mol. The van der Waals surface area contributed by atoms with Crippen LogP contribution in [-0.4, -0.2) is 58.5 Å². The fourth-order valence-electron chi connectivity index (χ4n) is 2.64. The highest BCUT2D eigenvalue weighted by atomic mass is 32.1. The van der Waals surface area contributed by atoms with E-state index in [1.54, 1.807) is 12.4 Å². The van der Waals surface area contributed by atoms with Crippen molar-refractivity contribution in [1.82, 2.24) is 19.8 Å². The second-order valence-corrected chi connectivity index (χ2v) is 6.40.